The molecule has 0 spiro atoms. The summed E-state index contributed by atoms with van der Waals surface area (Å²) in [6.45, 7) is 0. The van der Waals surface area contributed by atoms with Gasteiger partial charge in [-0.2, -0.15) is 0 Å². The van der Waals surface area contributed by atoms with Crippen LogP contribution in [0.4, 0.5) is 0 Å². The average molecular weight is 619 g/mol. The van der Waals surface area contributed by atoms with E-state index in [1.54, 1.807) is 48.5 Å². The van der Waals surface area contributed by atoms with Gasteiger partial charge in [0.15, 0.2) is 0 Å². The van der Waals surface area contributed by atoms with Crippen molar-refractivity contribution >= 4 is 23.9 Å². The van der Waals surface area contributed by atoms with Gasteiger partial charge in [0.05, 0.1) is 46.7 Å². The van der Waals surface area contributed by atoms with Gasteiger partial charge < -0.3 is 39.6 Å². The van der Waals surface area contributed by atoms with Gasteiger partial charge in [0.1, 0.15) is 0 Å². The summed E-state index contributed by atoms with van der Waals surface area (Å²) in [6.07, 6.45) is 5.63. The minimum absolute atomic E-state index is 0. The van der Waals surface area contributed by atoms with Crippen molar-refractivity contribution in [2.45, 2.75) is 0 Å². The predicted octanol–water partition coefficient (Wildman–Crippen LogP) is -2.22. The van der Waals surface area contributed by atoms with Gasteiger partial charge in [-0.3, -0.25) is 19.9 Å². The second-order valence-electron chi connectivity index (χ2n) is 6.01. The molecule has 0 amide bonds. The second kappa shape index (κ2) is 20.9. The first-order valence-electron chi connectivity index (χ1n) is 9.71. The Kier molecular flexibility index (Phi) is 19.7. The van der Waals surface area contributed by atoms with Gasteiger partial charge in [0, 0.05) is 24.8 Å². The first-order valence-corrected chi connectivity index (χ1v) is 9.71. The van der Waals surface area contributed by atoms with Crippen molar-refractivity contribution in [2.75, 3.05) is 0 Å². The fourth-order valence-electron chi connectivity index (χ4n) is 1.93. The van der Waals surface area contributed by atoms with Gasteiger partial charge in [0.25, 0.3) is 0 Å². The summed E-state index contributed by atoms with van der Waals surface area (Å²) < 4.78 is 0. The first kappa shape index (κ1) is 35.9. The number of pyridine rings is 4. The van der Waals surface area contributed by atoms with E-state index in [2.05, 4.69) is 19.9 Å². The zero-order valence-corrected chi connectivity index (χ0v) is 25.6. The van der Waals surface area contributed by atoms with Crippen molar-refractivity contribution in [3.8, 4) is 0 Å². The maximum absolute atomic E-state index is 10.0. The number of carbonyl (C=O) groups excluding carboxylic acids is 4. The molecule has 0 atom stereocenters. The molecule has 4 aromatic heterocycles. The van der Waals surface area contributed by atoms with Gasteiger partial charge in [-0.15, -0.1) is 0 Å². The van der Waals surface area contributed by atoms with Crippen molar-refractivity contribution in [1.29, 1.82) is 0 Å². The summed E-state index contributed by atoms with van der Waals surface area (Å²) in [5, 5.41) is 40.1. The van der Waals surface area contributed by atoms with Gasteiger partial charge in [0.2, 0.25) is 0 Å². The van der Waals surface area contributed by atoms with Crippen LogP contribution in [-0.2, 0) is 39.0 Å². The van der Waals surface area contributed by atoms with Gasteiger partial charge >= 0.3 is 39.0 Å². The third kappa shape index (κ3) is 15.7. The Morgan fingerprint density at radius 2 is 0.579 bits per heavy atom. The van der Waals surface area contributed by atoms with Crippen molar-refractivity contribution in [3.05, 3.63) is 120 Å². The van der Waals surface area contributed by atoms with E-state index in [1.165, 1.54) is 49.1 Å². The first-order chi connectivity index (χ1) is 17.2. The maximum Gasteiger partial charge on any atom is 2.00 e. The minimum atomic E-state index is -1.24. The molecule has 4 heterocycles. The molecule has 4 rings (SSSR count). The quantitative estimate of drug-likeness (QED) is 0.222. The number of rotatable bonds is 4. The van der Waals surface area contributed by atoms with Crippen LogP contribution in [0.15, 0.2) is 97.6 Å². The smallest absolute Gasteiger partial charge is 0.543 e. The molecule has 0 unspecified atom stereocenters. The molecule has 0 saturated carbocycles. The monoisotopic (exact) mass is 616 g/mol. The van der Waals surface area contributed by atoms with E-state index < -0.39 is 23.9 Å². The van der Waals surface area contributed by atoms with E-state index in [4.69, 9.17) is 0 Å². The van der Waals surface area contributed by atoms with Crippen LogP contribution in [0.1, 0.15) is 42.0 Å². The van der Waals surface area contributed by atoms with E-state index in [9.17, 15) is 39.6 Å². The van der Waals surface area contributed by atoms with Crippen LogP contribution in [0.5, 0.6) is 0 Å². The van der Waals surface area contributed by atoms with Crippen molar-refractivity contribution < 1.29 is 78.6 Å². The predicted molar refractivity (Wildman–Crippen MR) is 114 cm³/mol. The van der Waals surface area contributed by atoms with Crippen molar-refractivity contribution in [2.24, 2.45) is 0 Å². The molecule has 0 N–H and O–H groups in total. The maximum atomic E-state index is 10.0. The molecule has 0 fully saturated rings. The molecular weight excluding hydrogens is 603 g/mol. The van der Waals surface area contributed by atoms with E-state index >= 15 is 0 Å². The van der Waals surface area contributed by atoms with Gasteiger partial charge in [-0.25, -0.2) is 0 Å². The number of hydrogen-bond donors (Lipinski definition) is 0. The van der Waals surface area contributed by atoms with Crippen LogP contribution in [0.25, 0.3) is 0 Å². The summed E-state index contributed by atoms with van der Waals surface area (Å²) in [7, 11) is 0. The summed E-state index contributed by atoms with van der Waals surface area (Å²) in [5.74, 6) is -4.96. The molecule has 0 aromatic carbocycles. The van der Waals surface area contributed by atoms with Gasteiger partial charge in [-0.1, -0.05) is 24.3 Å². The Hall–Kier alpha value is -4.27. The van der Waals surface area contributed by atoms with E-state index in [-0.39, 0.29) is 61.7 Å². The number of aromatic carboxylic acids is 4. The summed E-state index contributed by atoms with van der Waals surface area (Å²) in [4.78, 5) is 54.2. The second-order valence-corrected chi connectivity index (χ2v) is 6.01. The average Bonchev–Trinajstić information content (AvgIpc) is 2.92. The van der Waals surface area contributed by atoms with Crippen molar-refractivity contribution in [3.63, 3.8) is 0 Å². The zero-order chi connectivity index (χ0) is 26.8. The largest absolute Gasteiger partial charge is 2.00 e. The fraction of sp³-hybridized carbons (Fsp3) is 0. The number of aromatic nitrogens is 4. The third-order valence-electron chi connectivity index (χ3n) is 3.50. The van der Waals surface area contributed by atoms with E-state index in [1.807, 2.05) is 0 Å². The van der Waals surface area contributed by atoms with Crippen LogP contribution in [0, 0.1) is 0 Å². The van der Waals surface area contributed by atoms with Crippen LogP contribution in [0.2, 0.25) is 0 Å². The summed E-state index contributed by atoms with van der Waals surface area (Å²) >= 11 is 0. The Bertz CT molecular complexity index is 1040. The standard InChI is InChI=1S/4C6H5NO2.2Zn/c4*8-6(9)5-3-1-2-4-7-5;;/h4*1-4H,(H,8,9);;/q;;;;2*+2/p-4. The normalized spacial score (nSPS) is 8.42. The molecule has 38 heavy (non-hydrogen) atoms. The molecular formula is C24H16N4O8Zn2. The number of carboxylic acids is 4. The van der Waals surface area contributed by atoms with Crippen molar-refractivity contribution in [1.82, 2.24) is 19.9 Å². The Morgan fingerprint density at radius 3 is 0.658 bits per heavy atom. The van der Waals surface area contributed by atoms with Crippen LogP contribution >= 0.6 is 0 Å². The SMILES string of the molecule is O=C([O-])c1ccccn1.O=C([O-])c1ccccn1.O=C([O-])c1ccccn1.O=C([O-])c1ccccn1.[Zn+2].[Zn+2]. The number of hydrogen-bond acceptors (Lipinski definition) is 12. The van der Waals surface area contributed by atoms with Gasteiger partial charge in [-0.05, 0) is 48.5 Å². The molecule has 0 aliphatic carbocycles. The third-order valence-corrected chi connectivity index (χ3v) is 3.50. The minimum Gasteiger partial charge on any atom is -0.543 e. The van der Waals surface area contributed by atoms with E-state index in [0.29, 0.717) is 0 Å². The molecule has 0 aliphatic rings. The molecule has 4 aromatic rings. The Morgan fingerprint density at radius 1 is 0.395 bits per heavy atom. The molecule has 12 nitrogen and oxygen atoms in total. The topological polar surface area (TPSA) is 212 Å². The molecule has 0 saturated heterocycles. The number of carboxylic acid groups (broad SMARTS) is 4. The Balaban J connectivity index is 0. The van der Waals surface area contributed by atoms with E-state index in [0.717, 1.165) is 0 Å². The fourth-order valence-corrected chi connectivity index (χ4v) is 1.93. The van der Waals surface area contributed by atoms with Crippen LogP contribution in [-0.4, -0.2) is 43.8 Å². The number of carbonyl (C=O) groups is 4. The molecule has 184 valence electrons. The summed E-state index contributed by atoms with van der Waals surface area (Å²) in [5.41, 5.74) is -0.120. The molecule has 0 aliphatic heterocycles. The molecule has 0 bridgehead atoms. The summed E-state index contributed by atoms with van der Waals surface area (Å²) in [6, 6.07) is 18.5. The molecule has 14 heteroatoms. The molecule has 0 radical (unpaired) electrons. The van der Waals surface area contributed by atoms with Crippen LogP contribution in [0.3, 0.4) is 0 Å². The van der Waals surface area contributed by atoms with Crippen LogP contribution < -0.4 is 20.4 Å². The zero-order valence-electron chi connectivity index (χ0n) is 19.7. The Labute approximate surface area is 242 Å². The number of nitrogens with zero attached hydrogens (tertiary/aromatic N) is 4.